The van der Waals surface area contributed by atoms with Gasteiger partial charge in [-0.15, -0.1) is 0 Å². The molecule has 2 bridgehead atoms. The molecule has 4 rings (SSSR count). The summed E-state index contributed by atoms with van der Waals surface area (Å²) in [5, 5.41) is 7.77. The monoisotopic (exact) mass is 284 g/mol. The molecule has 1 N–H and O–H groups in total. The van der Waals surface area contributed by atoms with Gasteiger partial charge in [-0.05, 0) is 43.2 Å². The molecular weight excluding hydrogens is 264 g/mol. The van der Waals surface area contributed by atoms with E-state index in [1.807, 2.05) is 18.3 Å². The maximum atomic E-state index is 5.43. The van der Waals surface area contributed by atoms with E-state index < -0.39 is 0 Å². The van der Waals surface area contributed by atoms with Crippen molar-refractivity contribution in [3.63, 3.8) is 0 Å². The van der Waals surface area contributed by atoms with E-state index in [4.69, 9.17) is 4.52 Å². The summed E-state index contributed by atoms with van der Waals surface area (Å²) >= 11 is 0. The molecule has 0 radical (unpaired) electrons. The second kappa shape index (κ2) is 5.56. The summed E-state index contributed by atoms with van der Waals surface area (Å²) in [6, 6.07) is 5.40. The highest BCUT2D eigenvalue weighted by Gasteiger charge is 2.34. The number of hydrogen-bond donors (Lipinski definition) is 1. The molecule has 5 nitrogen and oxygen atoms in total. The van der Waals surface area contributed by atoms with Crippen LogP contribution in [0.25, 0.3) is 0 Å². The second-order valence-corrected chi connectivity index (χ2v) is 6.32. The van der Waals surface area contributed by atoms with Crippen LogP contribution in [0, 0.1) is 5.92 Å². The van der Waals surface area contributed by atoms with Crippen LogP contribution in [0.5, 0.6) is 0 Å². The summed E-state index contributed by atoms with van der Waals surface area (Å²) in [5.74, 6) is 2.24. The van der Waals surface area contributed by atoms with Crippen molar-refractivity contribution in [2.24, 2.45) is 5.92 Å². The standard InChI is InChI=1S/C16H20N4O/c1-2-11(10-17-5-1)8-15-19-16(21-20-15)9-12-6-13-3-4-14(7-12)18-13/h1-2,5,10,12-14,18H,3-4,6-9H2. The maximum absolute atomic E-state index is 5.43. The van der Waals surface area contributed by atoms with E-state index in [0.717, 1.165) is 23.7 Å². The van der Waals surface area contributed by atoms with Gasteiger partial charge in [0.2, 0.25) is 5.89 Å². The molecule has 2 fully saturated rings. The average molecular weight is 284 g/mol. The van der Waals surface area contributed by atoms with E-state index in [2.05, 4.69) is 20.4 Å². The van der Waals surface area contributed by atoms with Gasteiger partial charge in [-0.3, -0.25) is 4.98 Å². The number of hydrogen-bond acceptors (Lipinski definition) is 5. The third kappa shape index (κ3) is 2.97. The summed E-state index contributed by atoms with van der Waals surface area (Å²) in [5.41, 5.74) is 1.12. The number of nitrogens with one attached hydrogen (secondary N) is 1. The van der Waals surface area contributed by atoms with Gasteiger partial charge >= 0.3 is 0 Å². The highest BCUT2D eigenvalue weighted by molar-refractivity contribution is 5.13. The number of nitrogens with zero attached hydrogens (tertiary/aromatic N) is 3. The van der Waals surface area contributed by atoms with Crippen LogP contribution in [0.15, 0.2) is 29.0 Å². The fraction of sp³-hybridized carbons (Fsp3) is 0.562. The molecule has 2 aliphatic rings. The molecule has 0 amide bonds. The highest BCUT2D eigenvalue weighted by atomic mass is 16.5. The predicted molar refractivity (Wildman–Crippen MR) is 77.7 cm³/mol. The van der Waals surface area contributed by atoms with Crippen LogP contribution >= 0.6 is 0 Å². The molecule has 4 heterocycles. The van der Waals surface area contributed by atoms with Crippen LogP contribution in [-0.2, 0) is 12.8 Å². The molecule has 0 aromatic carbocycles. The summed E-state index contributed by atoms with van der Waals surface area (Å²) in [4.78, 5) is 8.66. The third-order valence-electron chi connectivity index (χ3n) is 4.63. The predicted octanol–water partition coefficient (Wildman–Crippen LogP) is 2.13. The summed E-state index contributed by atoms with van der Waals surface area (Å²) in [7, 11) is 0. The Bertz CT molecular complexity index is 585. The lowest BCUT2D eigenvalue weighted by Gasteiger charge is -2.28. The molecule has 0 spiro atoms. The molecule has 2 aromatic rings. The molecule has 0 aliphatic carbocycles. The van der Waals surface area contributed by atoms with Crippen molar-refractivity contribution in [2.75, 3.05) is 0 Å². The van der Waals surface area contributed by atoms with Gasteiger partial charge in [0.25, 0.3) is 0 Å². The minimum atomic E-state index is 0.689. The van der Waals surface area contributed by atoms with Crippen LogP contribution < -0.4 is 5.32 Å². The van der Waals surface area contributed by atoms with Gasteiger partial charge in [0.05, 0.1) is 0 Å². The van der Waals surface area contributed by atoms with Gasteiger partial charge in [0, 0.05) is 37.3 Å². The van der Waals surface area contributed by atoms with E-state index in [-0.39, 0.29) is 0 Å². The maximum Gasteiger partial charge on any atom is 0.226 e. The minimum absolute atomic E-state index is 0.689. The number of fused-ring (bicyclic) bond motifs is 2. The van der Waals surface area contributed by atoms with Gasteiger partial charge in [-0.2, -0.15) is 4.98 Å². The van der Waals surface area contributed by atoms with E-state index in [1.165, 1.54) is 25.7 Å². The van der Waals surface area contributed by atoms with Gasteiger partial charge < -0.3 is 9.84 Å². The third-order valence-corrected chi connectivity index (χ3v) is 4.63. The number of rotatable bonds is 4. The SMILES string of the molecule is c1cncc(Cc2noc(CC3CC4CCC(C3)N4)n2)c1. The van der Waals surface area contributed by atoms with Crippen LogP contribution in [0.2, 0.25) is 0 Å². The number of pyridine rings is 1. The minimum Gasteiger partial charge on any atom is -0.339 e. The van der Waals surface area contributed by atoms with E-state index in [0.29, 0.717) is 24.4 Å². The Hall–Kier alpha value is -1.75. The molecule has 2 saturated heterocycles. The first-order chi connectivity index (χ1) is 10.3. The van der Waals surface area contributed by atoms with E-state index >= 15 is 0 Å². The quantitative estimate of drug-likeness (QED) is 0.931. The Labute approximate surface area is 124 Å². The first-order valence-electron chi connectivity index (χ1n) is 7.81. The fourth-order valence-corrected chi connectivity index (χ4v) is 3.72. The van der Waals surface area contributed by atoms with Crippen LogP contribution in [0.3, 0.4) is 0 Å². The second-order valence-electron chi connectivity index (χ2n) is 6.32. The van der Waals surface area contributed by atoms with Gasteiger partial charge in [-0.1, -0.05) is 11.2 Å². The van der Waals surface area contributed by atoms with Crippen molar-refractivity contribution >= 4 is 0 Å². The van der Waals surface area contributed by atoms with E-state index in [9.17, 15) is 0 Å². The largest absolute Gasteiger partial charge is 0.339 e. The normalized spacial score (nSPS) is 27.9. The summed E-state index contributed by atoms with van der Waals surface area (Å²) in [6.45, 7) is 0. The van der Waals surface area contributed by atoms with Crippen LogP contribution in [0.1, 0.15) is 43.0 Å². The Morgan fingerprint density at radius 1 is 1.24 bits per heavy atom. The molecule has 110 valence electrons. The Balaban J connectivity index is 1.38. The number of piperidine rings is 1. The van der Waals surface area contributed by atoms with Crippen LogP contribution in [0.4, 0.5) is 0 Å². The van der Waals surface area contributed by atoms with Crippen molar-refractivity contribution in [3.05, 3.63) is 41.8 Å². The Morgan fingerprint density at radius 3 is 2.86 bits per heavy atom. The molecule has 5 heteroatoms. The molecule has 2 unspecified atom stereocenters. The molecule has 2 aromatic heterocycles. The molecule has 21 heavy (non-hydrogen) atoms. The fourth-order valence-electron chi connectivity index (χ4n) is 3.72. The molecule has 2 atom stereocenters. The highest BCUT2D eigenvalue weighted by Crippen LogP contribution is 2.32. The lowest BCUT2D eigenvalue weighted by atomic mass is 9.90. The first-order valence-corrected chi connectivity index (χ1v) is 7.81. The first kappa shape index (κ1) is 13.0. The van der Waals surface area contributed by atoms with Gasteiger partial charge in [0.1, 0.15) is 0 Å². The zero-order valence-corrected chi connectivity index (χ0v) is 12.0. The summed E-state index contributed by atoms with van der Waals surface area (Å²) in [6.07, 6.45) is 10.4. The lowest BCUT2D eigenvalue weighted by molar-refractivity contribution is 0.270. The van der Waals surface area contributed by atoms with Gasteiger partial charge in [0.15, 0.2) is 5.82 Å². The van der Waals surface area contributed by atoms with Crippen molar-refractivity contribution in [3.8, 4) is 0 Å². The van der Waals surface area contributed by atoms with Crippen molar-refractivity contribution in [2.45, 2.75) is 50.6 Å². The van der Waals surface area contributed by atoms with Crippen LogP contribution in [-0.4, -0.2) is 27.2 Å². The lowest BCUT2D eigenvalue weighted by Crippen LogP contribution is -2.38. The van der Waals surface area contributed by atoms with Crippen molar-refractivity contribution in [1.29, 1.82) is 0 Å². The number of aromatic nitrogens is 3. The Kier molecular flexibility index (Phi) is 3.43. The Morgan fingerprint density at radius 2 is 2.10 bits per heavy atom. The van der Waals surface area contributed by atoms with Crippen molar-refractivity contribution < 1.29 is 4.52 Å². The molecule has 0 saturated carbocycles. The van der Waals surface area contributed by atoms with Crippen molar-refractivity contribution in [1.82, 2.24) is 20.4 Å². The van der Waals surface area contributed by atoms with Gasteiger partial charge in [-0.25, -0.2) is 0 Å². The van der Waals surface area contributed by atoms with E-state index in [1.54, 1.807) is 6.20 Å². The topological polar surface area (TPSA) is 63.8 Å². The molecule has 2 aliphatic heterocycles. The smallest absolute Gasteiger partial charge is 0.226 e. The summed E-state index contributed by atoms with van der Waals surface area (Å²) < 4.78 is 5.43. The average Bonchev–Trinajstić information content (AvgIpc) is 3.07. The zero-order chi connectivity index (χ0) is 14.1. The molecular formula is C16H20N4O. The zero-order valence-electron chi connectivity index (χ0n) is 12.0.